The summed E-state index contributed by atoms with van der Waals surface area (Å²) in [5.41, 5.74) is 8.15. The van der Waals surface area contributed by atoms with Crippen LogP contribution in [0.2, 0.25) is 0 Å². The average Bonchev–Trinajstić information content (AvgIpc) is 2.62. The van der Waals surface area contributed by atoms with Crippen LogP contribution in [0.5, 0.6) is 0 Å². The molecule has 2 rings (SSSR count). The van der Waals surface area contributed by atoms with E-state index in [4.69, 9.17) is 5.73 Å². The second kappa shape index (κ2) is 3.68. The Balaban J connectivity index is 2.10. The van der Waals surface area contributed by atoms with Crippen LogP contribution in [0.25, 0.3) is 0 Å². The van der Waals surface area contributed by atoms with Gasteiger partial charge in [-0.25, -0.2) is 0 Å². The summed E-state index contributed by atoms with van der Waals surface area (Å²) in [7, 11) is 1.94. The molecule has 0 bridgehead atoms. The number of nitrogens with two attached hydrogens (primary N) is 1. The Labute approximate surface area is 97.2 Å². The molecular weight excluding hydrogens is 200 g/mol. The lowest BCUT2D eigenvalue weighted by Crippen LogP contribution is -2.20. The first-order chi connectivity index (χ1) is 7.39. The Kier molecular flexibility index (Phi) is 2.60. The third-order valence-electron chi connectivity index (χ3n) is 3.58. The molecule has 0 spiro atoms. The molecule has 4 nitrogen and oxygen atoms in total. The Hall–Kier alpha value is -1.19. The van der Waals surface area contributed by atoms with Gasteiger partial charge in [0.05, 0.1) is 11.4 Å². The Bertz CT molecular complexity index is 392. The van der Waals surface area contributed by atoms with Crippen molar-refractivity contribution in [2.75, 3.05) is 11.1 Å². The lowest BCUT2D eigenvalue weighted by Gasteiger charge is -2.18. The zero-order valence-electron chi connectivity index (χ0n) is 10.7. The van der Waals surface area contributed by atoms with Gasteiger partial charge in [0.2, 0.25) is 0 Å². The number of nitrogens with zero attached hydrogens (tertiary/aromatic N) is 2. The van der Waals surface area contributed by atoms with Crippen molar-refractivity contribution in [3.63, 3.8) is 0 Å². The van der Waals surface area contributed by atoms with Crippen LogP contribution in [0.3, 0.4) is 0 Å². The number of aryl methyl sites for hydroxylation is 2. The first-order valence-electron chi connectivity index (χ1n) is 5.95. The quantitative estimate of drug-likeness (QED) is 0.807. The molecule has 1 aliphatic carbocycles. The zero-order valence-corrected chi connectivity index (χ0v) is 10.7. The Morgan fingerprint density at radius 2 is 2.19 bits per heavy atom. The van der Waals surface area contributed by atoms with Gasteiger partial charge < -0.3 is 11.1 Å². The van der Waals surface area contributed by atoms with Crippen molar-refractivity contribution in [1.82, 2.24) is 9.78 Å². The third-order valence-corrected chi connectivity index (χ3v) is 3.58. The number of hydrogen-bond acceptors (Lipinski definition) is 3. The summed E-state index contributed by atoms with van der Waals surface area (Å²) in [6.45, 7) is 6.60. The molecule has 0 amide bonds. The normalized spacial score (nSPS) is 23.6. The van der Waals surface area contributed by atoms with Crippen LogP contribution in [0.1, 0.15) is 38.8 Å². The molecule has 1 heterocycles. The fraction of sp³-hybridized carbons (Fsp3) is 0.750. The number of nitrogens with one attached hydrogen (secondary N) is 1. The van der Waals surface area contributed by atoms with E-state index in [-0.39, 0.29) is 0 Å². The van der Waals surface area contributed by atoms with Gasteiger partial charge in [-0.15, -0.1) is 0 Å². The smallest absolute Gasteiger partial charge is 0.147 e. The highest BCUT2D eigenvalue weighted by molar-refractivity contribution is 5.65. The standard InChI is InChI=1S/C12H22N4/c1-8-10(13)11(16(4)15-8)14-9-5-6-12(2,3)7-9/h9,14H,5-7,13H2,1-4H3. The van der Waals surface area contributed by atoms with Gasteiger partial charge in [-0.3, -0.25) is 4.68 Å². The second-order valence-corrected chi connectivity index (χ2v) is 5.72. The van der Waals surface area contributed by atoms with Crippen LogP contribution in [-0.2, 0) is 7.05 Å². The molecule has 1 fully saturated rings. The maximum absolute atomic E-state index is 6.00. The molecule has 1 saturated carbocycles. The molecule has 4 heteroatoms. The molecule has 0 radical (unpaired) electrons. The highest BCUT2D eigenvalue weighted by Crippen LogP contribution is 2.38. The van der Waals surface area contributed by atoms with Crippen LogP contribution >= 0.6 is 0 Å². The molecule has 0 aromatic carbocycles. The van der Waals surface area contributed by atoms with E-state index < -0.39 is 0 Å². The lowest BCUT2D eigenvalue weighted by atomic mass is 9.92. The molecule has 0 aliphatic heterocycles. The Morgan fingerprint density at radius 3 is 2.62 bits per heavy atom. The van der Waals surface area contributed by atoms with Gasteiger partial charge in [0, 0.05) is 13.1 Å². The maximum Gasteiger partial charge on any atom is 0.147 e. The van der Waals surface area contributed by atoms with Gasteiger partial charge in [0.25, 0.3) is 0 Å². The fourth-order valence-electron chi connectivity index (χ4n) is 2.60. The van der Waals surface area contributed by atoms with E-state index in [0.29, 0.717) is 11.5 Å². The minimum atomic E-state index is 0.458. The molecule has 90 valence electrons. The van der Waals surface area contributed by atoms with E-state index in [1.54, 1.807) is 0 Å². The average molecular weight is 222 g/mol. The summed E-state index contributed by atoms with van der Waals surface area (Å²) in [6, 6.07) is 0.534. The summed E-state index contributed by atoms with van der Waals surface area (Å²) in [5.74, 6) is 0.972. The molecule has 3 N–H and O–H groups in total. The van der Waals surface area contributed by atoms with E-state index in [9.17, 15) is 0 Å². The number of hydrogen-bond donors (Lipinski definition) is 2. The van der Waals surface area contributed by atoms with Crippen LogP contribution in [-0.4, -0.2) is 15.8 Å². The van der Waals surface area contributed by atoms with E-state index in [2.05, 4.69) is 24.3 Å². The van der Waals surface area contributed by atoms with Crippen molar-refractivity contribution in [1.29, 1.82) is 0 Å². The third kappa shape index (κ3) is 2.01. The lowest BCUT2D eigenvalue weighted by molar-refractivity contribution is 0.378. The van der Waals surface area contributed by atoms with Gasteiger partial charge in [0.15, 0.2) is 0 Å². The molecule has 0 saturated heterocycles. The van der Waals surface area contributed by atoms with E-state index in [0.717, 1.165) is 17.2 Å². The Morgan fingerprint density at radius 1 is 1.50 bits per heavy atom. The van der Waals surface area contributed by atoms with E-state index in [1.807, 2.05) is 18.7 Å². The molecule has 1 aromatic heterocycles. The van der Waals surface area contributed by atoms with Crippen molar-refractivity contribution in [3.05, 3.63) is 5.69 Å². The van der Waals surface area contributed by atoms with Gasteiger partial charge in [-0.2, -0.15) is 5.10 Å². The van der Waals surface area contributed by atoms with Crippen LogP contribution in [0, 0.1) is 12.3 Å². The van der Waals surface area contributed by atoms with Gasteiger partial charge in [-0.1, -0.05) is 13.8 Å². The van der Waals surface area contributed by atoms with Crippen molar-refractivity contribution in [2.24, 2.45) is 12.5 Å². The minimum Gasteiger partial charge on any atom is -0.394 e. The first-order valence-corrected chi connectivity index (χ1v) is 5.95. The highest BCUT2D eigenvalue weighted by atomic mass is 15.3. The predicted octanol–water partition coefficient (Wildman–Crippen LogP) is 2.30. The molecule has 1 aromatic rings. The highest BCUT2D eigenvalue weighted by Gasteiger charge is 2.31. The number of anilines is 2. The topological polar surface area (TPSA) is 55.9 Å². The van der Waals surface area contributed by atoms with E-state index >= 15 is 0 Å². The van der Waals surface area contributed by atoms with Crippen molar-refractivity contribution >= 4 is 11.5 Å². The van der Waals surface area contributed by atoms with Crippen molar-refractivity contribution in [3.8, 4) is 0 Å². The largest absolute Gasteiger partial charge is 0.394 e. The molecular formula is C12H22N4. The molecule has 1 aliphatic rings. The number of nitrogen functional groups attached to an aromatic ring is 1. The second-order valence-electron chi connectivity index (χ2n) is 5.72. The summed E-state index contributed by atoms with van der Waals surface area (Å²) in [6.07, 6.45) is 3.70. The van der Waals surface area contributed by atoms with Gasteiger partial charge in [-0.05, 0) is 31.6 Å². The van der Waals surface area contributed by atoms with Gasteiger partial charge >= 0.3 is 0 Å². The van der Waals surface area contributed by atoms with Crippen molar-refractivity contribution < 1.29 is 0 Å². The minimum absolute atomic E-state index is 0.458. The van der Waals surface area contributed by atoms with Gasteiger partial charge in [0.1, 0.15) is 5.82 Å². The maximum atomic E-state index is 6.00. The van der Waals surface area contributed by atoms with Crippen LogP contribution < -0.4 is 11.1 Å². The molecule has 1 atom stereocenters. The fourth-order valence-corrected chi connectivity index (χ4v) is 2.60. The molecule has 16 heavy (non-hydrogen) atoms. The van der Waals surface area contributed by atoms with E-state index in [1.165, 1.54) is 19.3 Å². The first kappa shape index (κ1) is 11.3. The summed E-state index contributed by atoms with van der Waals surface area (Å²) >= 11 is 0. The predicted molar refractivity (Wildman–Crippen MR) is 67.4 cm³/mol. The summed E-state index contributed by atoms with van der Waals surface area (Å²) in [5, 5.41) is 7.85. The zero-order chi connectivity index (χ0) is 11.9. The monoisotopic (exact) mass is 222 g/mol. The summed E-state index contributed by atoms with van der Waals surface area (Å²) in [4.78, 5) is 0. The molecule has 1 unspecified atom stereocenters. The van der Waals surface area contributed by atoms with Crippen molar-refractivity contribution in [2.45, 2.75) is 46.1 Å². The number of aromatic nitrogens is 2. The van der Waals surface area contributed by atoms with Crippen LogP contribution in [0.15, 0.2) is 0 Å². The summed E-state index contributed by atoms with van der Waals surface area (Å²) < 4.78 is 1.84. The van der Waals surface area contributed by atoms with Crippen LogP contribution in [0.4, 0.5) is 11.5 Å². The number of rotatable bonds is 2. The SMILES string of the molecule is Cc1nn(C)c(NC2CCC(C)(C)C2)c1N.